The predicted molar refractivity (Wildman–Crippen MR) is 313 cm³/mol. The fourth-order valence-corrected chi connectivity index (χ4v) is 10.7. The number of aliphatic hydroxyl groups excluding tert-OH is 3. The number of esters is 1. The number of hydrogen-bond donors (Lipinski definition) is 4. The molecule has 12 nitrogen and oxygen atoms in total. The van der Waals surface area contributed by atoms with Crippen molar-refractivity contribution in [3.05, 3.63) is 24.3 Å². The first-order valence-corrected chi connectivity index (χ1v) is 33.5. The van der Waals surface area contributed by atoms with Gasteiger partial charge in [-0.3, -0.25) is 9.35 Å². The summed E-state index contributed by atoms with van der Waals surface area (Å²) in [6.07, 6.45) is 58.0. The highest BCUT2D eigenvalue weighted by molar-refractivity contribution is 7.80. The molecule has 0 aromatic rings. The van der Waals surface area contributed by atoms with E-state index in [1.165, 1.54) is 238 Å². The van der Waals surface area contributed by atoms with E-state index in [0.717, 1.165) is 44.9 Å². The third kappa shape index (κ3) is 46.3. The van der Waals surface area contributed by atoms with E-state index in [0.29, 0.717) is 13.0 Å². The highest BCUT2D eigenvalue weighted by atomic mass is 32.3. The molecular formula is C63H120O12S. The maximum Gasteiger partial charge on any atom is 0.397 e. The summed E-state index contributed by atoms with van der Waals surface area (Å²) in [6.45, 7) is 4.06. The molecule has 76 heavy (non-hydrogen) atoms. The average Bonchev–Trinajstić information content (AvgIpc) is 3.40. The van der Waals surface area contributed by atoms with Gasteiger partial charge >= 0.3 is 16.4 Å². The highest BCUT2D eigenvalue weighted by Gasteiger charge is 2.48. The van der Waals surface area contributed by atoms with E-state index in [1.54, 1.807) is 0 Å². The van der Waals surface area contributed by atoms with Crippen LogP contribution < -0.4 is 0 Å². The molecule has 0 aliphatic carbocycles. The molecule has 0 spiro atoms. The molecule has 0 saturated carbocycles. The van der Waals surface area contributed by atoms with Crippen molar-refractivity contribution in [2.75, 3.05) is 26.4 Å². The molecule has 4 N–H and O–H groups in total. The second-order valence-electron chi connectivity index (χ2n) is 22.4. The maximum absolute atomic E-state index is 13.0. The molecule has 1 saturated heterocycles. The van der Waals surface area contributed by atoms with Crippen LogP contribution in [0.5, 0.6) is 0 Å². The molecule has 450 valence electrons. The molecule has 1 aliphatic heterocycles. The molecule has 6 atom stereocenters. The number of ether oxygens (including phenoxy) is 4. The van der Waals surface area contributed by atoms with E-state index in [2.05, 4.69) is 42.3 Å². The third-order valence-corrected chi connectivity index (χ3v) is 15.5. The third-order valence-electron chi connectivity index (χ3n) is 15.1. The van der Waals surface area contributed by atoms with Gasteiger partial charge in [0.1, 0.15) is 30.5 Å². The van der Waals surface area contributed by atoms with Crippen molar-refractivity contribution in [1.82, 2.24) is 0 Å². The van der Waals surface area contributed by atoms with E-state index >= 15 is 0 Å². The van der Waals surface area contributed by atoms with Gasteiger partial charge in [-0.2, -0.15) is 8.42 Å². The van der Waals surface area contributed by atoms with Gasteiger partial charge < -0.3 is 34.3 Å². The molecule has 1 rings (SSSR count). The molecule has 0 aromatic carbocycles. The van der Waals surface area contributed by atoms with Crippen molar-refractivity contribution in [2.24, 2.45) is 0 Å². The van der Waals surface area contributed by atoms with Crippen LogP contribution in [-0.2, 0) is 38.3 Å². The van der Waals surface area contributed by atoms with Crippen molar-refractivity contribution in [1.29, 1.82) is 0 Å². The van der Waals surface area contributed by atoms with Gasteiger partial charge in [-0.05, 0) is 44.9 Å². The Morgan fingerprint density at radius 2 is 0.868 bits per heavy atom. The maximum atomic E-state index is 13.0. The van der Waals surface area contributed by atoms with E-state index < -0.39 is 59.8 Å². The number of allylic oxidation sites excluding steroid dienone is 4. The number of aliphatic hydroxyl groups is 3. The fraction of sp³-hybridized carbons (Fsp3) is 0.921. The van der Waals surface area contributed by atoms with Crippen molar-refractivity contribution >= 4 is 16.4 Å². The first-order valence-electron chi connectivity index (χ1n) is 32.1. The zero-order chi connectivity index (χ0) is 55.3. The Morgan fingerprint density at radius 3 is 1.25 bits per heavy atom. The minimum Gasteiger partial charge on any atom is -0.457 e. The summed E-state index contributed by atoms with van der Waals surface area (Å²) in [5, 5.41) is 30.9. The second-order valence-corrected chi connectivity index (χ2v) is 23.4. The highest BCUT2D eigenvalue weighted by Crippen LogP contribution is 2.26. The molecule has 0 bridgehead atoms. The SMILES string of the molecule is CCCCCCC/C=C\C/C=C\CCCCCCCCCCCCCCOCC(COC1OC(CO)C(O)C(OS(=O)(=O)O)C1O)OC(=O)CCCCCCCCCCCCCCCCCCCCCCCCCCC. The standard InChI is InChI=1S/C63H120O12S/c1-3-5-7-9-11-13-15-17-19-21-23-25-27-29-30-32-34-36-38-40-42-44-46-48-50-52-59(65)73-57(56-72-63-61(67)62(75-76(68,69)70)60(66)58(54-64)74-63)55-71-53-51-49-47-45-43-41-39-37-35-33-31-28-26-24-22-20-18-16-14-12-10-8-6-4-2/h16,18,22,24,57-58,60-64,66-67H,3-15,17,19-21,23,25-56H2,1-2H3,(H,68,69,70)/b18-16-,24-22-. The number of carbonyl (C=O) groups excluding carboxylic acids is 1. The number of carbonyl (C=O) groups is 1. The largest absolute Gasteiger partial charge is 0.457 e. The lowest BCUT2D eigenvalue weighted by atomic mass is 9.99. The van der Waals surface area contributed by atoms with Crippen molar-refractivity contribution in [2.45, 2.75) is 346 Å². The Bertz CT molecular complexity index is 1410. The van der Waals surface area contributed by atoms with Gasteiger partial charge in [0.2, 0.25) is 0 Å². The van der Waals surface area contributed by atoms with Gasteiger partial charge in [0, 0.05) is 13.0 Å². The number of hydrogen-bond acceptors (Lipinski definition) is 11. The van der Waals surface area contributed by atoms with Crippen LogP contribution in [0.4, 0.5) is 0 Å². The zero-order valence-electron chi connectivity index (χ0n) is 49.1. The quantitative estimate of drug-likeness (QED) is 0.0196. The zero-order valence-corrected chi connectivity index (χ0v) is 49.9. The topological polar surface area (TPSA) is 178 Å². The Morgan fingerprint density at radius 1 is 0.500 bits per heavy atom. The van der Waals surface area contributed by atoms with Crippen LogP contribution >= 0.6 is 0 Å². The van der Waals surface area contributed by atoms with Crippen LogP contribution in [0.15, 0.2) is 24.3 Å². The van der Waals surface area contributed by atoms with Gasteiger partial charge in [-0.1, -0.05) is 282 Å². The summed E-state index contributed by atoms with van der Waals surface area (Å²) in [7, 11) is -5.07. The van der Waals surface area contributed by atoms with Crippen LogP contribution in [0.2, 0.25) is 0 Å². The second kappa shape index (κ2) is 54.2. The lowest BCUT2D eigenvalue weighted by Crippen LogP contribution is -2.60. The Labute approximate surface area is 467 Å². The van der Waals surface area contributed by atoms with Gasteiger partial charge in [0.15, 0.2) is 6.29 Å². The summed E-state index contributed by atoms with van der Waals surface area (Å²) in [5.74, 6) is -0.391. The van der Waals surface area contributed by atoms with Crippen LogP contribution in [0, 0.1) is 0 Å². The van der Waals surface area contributed by atoms with Crippen LogP contribution in [0.3, 0.4) is 0 Å². The van der Waals surface area contributed by atoms with Gasteiger partial charge in [-0.15, -0.1) is 0 Å². The lowest BCUT2D eigenvalue weighted by molar-refractivity contribution is -0.301. The van der Waals surface area contributed by atoms with E-state index in [-0.39, 0.29) is 19.6 Å². The minimum atomic E-state index is -5.07. The van der Waals surface area contributed by atoms with Crippen molar-refractivity contribution < 1.29 is 56.2 Å². The minimum absolute atomic E-state index is 0.0404. The van der Waals surface area contributed by atoms with Crippen LogP contribution in [0.25, 0.3) is 0 Å². The predicted octanol–water partition coefficient (Wildman–Crippen LogP) is 16.7. The average molecular weight is 1100 g/mol. The Balaban J connectivity index is 2.23. The number of unbranched alkanes of at least 4 members (excludes halogenated alkanes) is 41. The lowest BCUT2D eigenvalue weighted by Gasteiger charge is -2.41. The van der Waals surface area contributed by atoms with Crippen molar-refractivity contribution in [3.63, 3.8) is 0 Å². The van der Waals surface area contributed by atoms with Crippen LogP contribution in [0.1, 0.15) is 309 Å². The number of rotatable bonds is 58. The molecular weight excluding hydrogens is 981 g/mol. The molecule has 1 fully saturated rings. The molecule has 1 aliphatic rings. The van der Waals surface area contributed by atoms with E-state index in [9.17, 15) is 33.1 Å². The van der Waals surface area contributed by atoms with E-state index in [1.807, 2.05) is 0 Å². The van der Waals surface area contributed by atoms with Crippen molar-refractivity contribution in [3.8, 4) is 0 Å². The molecule has 0 radical (unpaired) electrons. The first kappa shape index (κ1) is 72.6. The summed E-state index contributed by atoms with van der Waals surface area (Å²) in [4.78, 5) is 13.0. The molecule has 6 unspecified atom stereocenters. The van der Waals surface area contributed by atoms with Gasteiger partial charge in [0.25, 0.3) is 0 Å². The summed E-state index contributed by atoms with van der Waals surface area (Å²) in [6, 6.07) is 0. The first-order chi connectivity index (χ1) is 37.1. The molecule has 1 heterocycles. The Hall–Kier alpha value is -1.42. The molecule has 0 amide bonds. The van der Waals surface area contributed by atoms with E-state index in [4.69, 9.17) is 18.9 Å². The fourth-order valence-electron chi connectivity index (χ4n) is 10.2. The smallest absolute Gasteiger partial charge is 0.397 e. The Kier molecular flexibility index (Phi) is 51.8. The monoisotopic (exact) mass is 1100 g/mol. The summed E-state index contributed by atoms with van der Waals surface area (Å²) in [5.41, 5.74) is 0. The van der Waals surface area contributed by atoms with Crippen LogP contribution in [-0.4, -0.2) is 97.5 Å². The molecule has 13 heteroatoms. The summed E-state index contributed by atoms with van der Waals surface area (Å²) < 4.78 is 59.6. The molecule has 0 aromatic heterocycles. The van der Waals surface area contributed by atoms with Gasteiger partial charge in [0.05, 0.1) is 19.8 Å². The normalized spacial score (nSPS) is 18.6. The summed E-state index contributed by atoms with van der Waals surface area (Å²) >= 11 is 0. The van der Waals surface area contributed by atoms with Gasteiger partial charge in [-0.25, -0.2) is 4.18 Å².